The van der Waals surface area contributed by atoms with Gasteiger partial charge in [0, 0.05) is 25.2 Å². The number of hydrogen-bond acceptors (Lipinski definition) is 6. The lowest BCUT2D eigenvalue weighted by Crippen LogP contribution is -2.51. The Morgan fingerprint density at radius 2 is 1.79 bits per heavy atom. The molecule has 0 radical (unpaired) electrons. The van der Waals surface area contributed by atoms with Gasteiger partial charge in [-0.15, -0.1) is 0 Å². The van der Waals surface area contributed by atoms with Gasteiger partial charge in [-0.3, -0.25) is 24.0 Å². The predicted molar refractivity (Wildman–Crippen MR) is 130 cm³/mol. The van der Waals surface area contributed by atoms with Crippen molar-refractivity contribution in [2.75, 3.05) is 23.7 Å². The van der Waals surface area contributed by atoms with E-state index < -0.39 is 33.4 Å². The van der Waals surface area contributed by atoms with Crippen LogP contribution in [0.1, 0.15) is 31.4 Å². The summed E-state index contributed by atoms with van der Waals surface area (Å²) >= 11 is 0. The molecule has 0 aliphatic heterocycles. The fraction of sp³-hybridized carbons (Fsp3) is 0.391. The fourth-order valence-corrected chi connectivity index (χ4v) is 4.09. The zero-order valence-corrected chi connectivity index (χ0v) is 20.5. The quantitative estimate of drug-likeness (QED) is 0.381. The van der Waals surface area contributed by atoms with E-state index in [2.05, 4.69) is 5.32 Å². The molecule has 0 saturated carbocycles. The molecule has 1 N–H and O–H groups in total. The third-order valence-corrected chi connectivity index (χ3v) is 6.34. The molecular weight excluding hydrogens is 460 g/mol. The lowest BCUT2D eigenvalue weighted by molar-refractivity contribution is -0.384. The number of non-ortho nitro benzene ring substituents is 1. The summed E-state index contributed by atoms with van der Waals surface area (Å²) in [6.45, 7) is 5.33. The molecule has 0 bridgehead atoms. The van der Waals surface area contributed by atoms with E-state index >= 15 is 0 Å². The topological polar surface area (TPSA) is 130 Å². The molecule has 34 heavy (non-hydrogen) atoms. The van der Waals surface area contributed by atoms with Gasteiger partial charge in [0.15, 0.2) is 0 Å². The molecule has 0 spiro atoms. The first-order chi connectivity index (χ1) is 15.9. The lowest BCUT2D eigenvalue weighted by Gasteiger charge is -2.31. The van der Waals surface area contributed by atoms with Crippen molar-refractivity contribution in [1.29, 1.82) is 0 Å². The molecule has 0 heterocycles. The van der Waals surface area contributed by atoms with Crippen LogP contribution in [0, 0.1) is 17.0 Å². The van der Waals surface area contributed by atoms with Gasteiger partial charge in [0.05, 0.1) is 16.9 Å². The van der Waals surface area contributed by atoms with E-state index in [4.69, 9.17) is 0 Å². The van der Waals surface area contributed by atoms with E-state index in [1.54, 1.807) is 6.92 Å². The molecule has 2 aromatic rings. The van der Waals surface area contributed by atoms with Crippen molar-refractivity contribution in [3.8, 4) is 0 Å². The fourth-order valence-electron chi connectivity index (χ4n) is 3.24. The number of aryl methyl sites for hydroxylation is 1. The van der Waals surface area contributed by atoms with Crippen LogP contribution >= 0.6 is 0 Å². The minimum absolute atomic E-state index is 0.0107. The first-order valence-corrected chi connectivity index (χ1v) is 12.6. The summed E-state index contributed by atoms with van der Waals surface area (Å²) in [5, 5.41) is 13.9. The maximum atomic E-state index is 13.4. The predicted octanol–water partition coefficient (Wildman–Crippen LogP) is 2.61. The highest BCUT2D eigenvalue weighted by atomic mass is 32.2. The summed E-state index contributed by atoms with van der Waals surface area (Å²) < 4.78 is 25.8. The van der Waals surface area contributed by atoms with Gasteiger partial charge in [0.1, 0.15) is 12.6 Å². The van der Waals surface area contributed by atoms with Gasteiger partial charge >= 0.3 is 0 Å². The van der Waals surface area contributed by atoms with E-state index in [1.807, 2.05) is 38.1 Å². The molecule has 11 heteroatoms. The molecule has 0 saturated heterocycles. The molecular formula is C23H30N4O6S. The average molecular weight is 491 g/mol. The van der Waals surface area contributed by atoms with Crippen LogP contribution in [-0.4, -0.2) is 55.4 Å². The van der Waals surface area contributed by atoms with Crippen molar-refractivity contribution in [2.45, 2.75) is 39.8 Å². The summed E-state index contributed by atoms with van der Waals surface area (Å²) in [5.41, 5.74) is 1.49. The van der Waals surface area contributed by atoms with E-state index in [9.17, 15) is 28.1 Å². The Balaban J connectivity index is 2.40. The van der Waals surface area contributed by atoms with Crippen LogP contribution in [0.5, 0.6) is 0 Å². The van der Waals surface area contributed by atoms with Gasteiger partial charge in [-0.25, -0.2) is 8.42 Å². The summed E-state index contributed by atoms with van der Waals surface area (Å²) in [6, 6.07) is 11.6. The molecule has 2 rings (SSSR count). The van der Waals surface area contributed by atoms with Crippen molar-refractivity contribution in [1.82, 2.24) is 10.2 Å². The number of hydrogen-bond donors (Lipinski definition) is 1. The first-order valence-electron chi connectivity index (χ1n) is 10.8. The van der Waals surface area contributed by atoms with Crippen molar-refractivity contribution in [2.24, 2.45) is 0 Å². The normalized spacial score (nSPS) is 12.0. The molecule has 0 aliphatic rings. The Morgan fingerprint density at radius 1 is 1.15 bits per heavy atom. The van der Waals surface area contributed by atoms with Crippen molar-refractivity contribution in [3.05, 3.63) is 69.8 Å². The number of nitro benzene ring substituents is 1. The Hall–Kier alpha value is -3.47. The standard InChI is InChI=1S/C23H30N4O6S/c1-5-13-24-23(29)18(3)25(15-19-11-9-17(2)10-12-19)22(28)16-26(34(4,32)33)20-7-6-8-21(14-20)27(30)31/h6-12,14,18H,5,13,15-16H2,1-4H3,(H,24,29)/t18-/m1/s1. The lowest BCUT2D eigenvalue weighted by atomic mass is 10.1. The van der Waals surface area contributed by atoms with E-state index in [0.717, 1.165) is 34.2 Å². The molecule has 10 nitrogen and oxygen atoms in total. The molecule has 0 aromatic heterocycles. The maximum absolute atomic E-state index is 13.4. The second kappa shape index (κ2) is 11.6. The van der Waals surface area contributed by atoms with Crippen molar-refractivity contribution < 1.29 is 22.9 Å². The minimum Gasteiger partial charge on any atom is -0.354 e. The van der Waals surface area contributed by atoms with E-state index in [0.29, 0.717) is 6.54 Å². The maximum Gasteiger partial charge on any atom is 0.271 e. The second-order valence-corrected chi connectivity index (χ2v) is 9.93. The highest BCUT2D eigenvalue weighted by Crippen LogP contribution is 2.24. The number of benzene rings is 2. The first kappa shape index (κ1) is 26.8. The molecule has 2 aromatic carbocycles. The van der Waals surface area contributed by atoms with Gasteiger partial charge in [-0.2, -0.15) is 0 Å². The summed E-state index contributed by atoms with van der Waals surface area (Å²) in [6.07, 6.45) is 1.64. The molecule has 0 fully saturated rings. The van der Waals surface area contributed by atoms with Crippen molar-refractivity contribution >= 4 is 33.2 Å². The van der Waals surface area contributed by atoms with E-state index in [1.165, 1.54) is 23.1 Å². The van der Waals surface area contributed by atoms with Crippen LogP contribution in [0.4, 0.5) is 11.4 Å². The van der Waals surface area contributed by atoms with Crippen LogP contribution in [0.25, 0.3) is 0 Å². The summed E-state index contributed by atoms with van der Waals surface area (Å²) in [5.74, 6) is -0.972. The highest BCUT2D eigenvalue weighted by Gasteiger charge is 2.30. The largest absolute Gasteiger partial charge is 0.354 e. The molecule has 1 atom stereocenters. The van der Waals surface area contributed by atoms with E-state index in [-0.39, 0.29) is 23.8 Å². The van der Waals surface area contributed by atoms with Crippen LogP contribution in [0.3, 0.4) is 0 Å². The van der Waals surface area contributed by atoms with Gasteiger partial charge in [0.2, 0.25) is 21.8 Å². The smallest absolute Gasteiger partial charge is 0.271 e. The van der Waals surface area contributed by atoms with Crippen LogP contribution in [0.2, 0.25) is 0 Å². The number of nitro groups is 1. The Kier molecular flexibility index (Phi) is 9.13. The van der Waals surface area contributed by atoms with Crippen LogP contribution in [0.15, 0.2) is 48.5 Å². The van der Waals surface area contributed by atoms with Gasteiger partial charge in [0.25, 0.3) is 5.69 Å². The van der Waals surface area contributed by atoms with Crippen molar-refractivity contribution in [3.63, 3.8) is 0 Å². The number of nitrogens with zero attached hydrogens (tertiary/aromatic N) is 3. The summed E-state index contributed by atoms with van der Waals surface area (Å²) in [4.78, 5) is 37.9. The molecule has 0 aliphatic carbocycles. The molecule has 2 amide bonds. The molecule has 184 valence electrons. The third kappa shape index (κ3) is 7.27. The number of nitrogens with one attached hydrogen (secondary N) is 1. The second-order valence-electron chi connectivity index (χ2n) is 8.02. The number of carbonyl (C=O) groups excluding carboxylic acids is 2. The third-order valence-electron chi connectivity index (χ3n) is 5.20. The molecule has 0 unspecified atom stereocenters. The monoisotopic (exact) mass is 490 g/mol. The van der Waals surface area contributed by atoms with Gasteiger partial charge in [-0.1, -0.05) is 42.8 Å². The van der Waals surface area contributed by atoms with Crippen LogP contribution < -0.4 is 9.62 Å². The number of anilines is 1. The average Bonchev–Trinajstić information content (AvgIpc) is 2.79. The number of rotatable bonds is 11. The highest BCUT2D eigenvalue weighted by molar-refractivity contribution is 7.92. The van der Waals surface area contributed by atoms with Crippen LogP contribution in [-0.2, 0) is 26.2 Å². The SMILES string of the molecule is CCCNC(=O)[C@@H](C)N(Cc1ccc(C)cc1)C(=O)CN(c1cccc([N+](=O)[O-])c1)S(C)(=O)=O. The number of amides is 2. The Bertz CT molecular complexity index is 1130. The number of sulfonamides is 1. The Morgan fingerprint density at radius 3 is 2.35 bits per heavy atom. The van der Waals surface area contributed by atoms with Gasteiger partial charge < -0.3 is 10.2 Å². The zero-order valence-electron chi connectivity index (χ0n) is 19.7. The Labute approximate surface area is 199 Å². The van der Waals surface area contributed by atoms with Gasteiger partial charge in [-0.05, 0) is 31.9 Å². The summed E-state index contributed by atoms with van der Waals surface area (Å²) in [7, 11) is -3.96. The number of carbonyl (C=O) groups is 2. The zero-order chi connectivity index (χ0) is 25.5. The minimum atomic E-state index is -3.96.